The highest BCUT2D eigenvalue weighted by atomic mass is 32.1. The molecule has 0 fully saturated rings. The van der Waals surface area contributed by atoms with Crippen molar-refractivity contribution in [3.05, 3.63) is 40.5 Å². The summed E-state index contributed by atoms with van der Waals surface area (Å²) in [6.45, 7) is 4.07. The van der Waals surface area contributed by atoms with Crippen molar-refractivity contribution < 1.29 is 0 Å². The van der Waals surface area contributed by atoms with Crippen LogP contribution in [0.5, 0.6) is 0 Å². The van der Waals surface area contributed by atoms with E-state index in [9.17, 15) is 0 Å². The molecule has 0 amide bonds. The minimum absolute atomic E-state index is 0.122. The van der Waals surface area contributed by atoms with Gasteiger partial charge < -0.3 is 11.1 Å². The first-order chi connectivity index (χ1) is 10.1. The molecule has 3 heterocycles. The van der Waals surface area contributed by atoms with Crippen LogP contribution < -0.4 is 11.1 Å². The summed E-state index contributed by atoms with van der Waals surface area (Å²) in [5.41, 5.74) is 8.89. The fourth-order valence-corrected chi connectivity index (χ4v) is 3.45. The smallest absolute Gasteiger partial charge is 0.148 e. The van der Waals surface area contributed by atoms with E-state index in [-0.39, 0.29) is 6.04 Å². The van der Waals surface area contributed by atoms with Gasteiger partial charge in [-0.25, -0.2) is 4.98 Å². The zero-order chi connectivity index (χ0) is 14.8. The van der Waals surface area contributed by atoms with Crippen molar-refractivity contribution in [3.63, 3.8) is 0 Å². The van der Waals surface area contributed by atoms with Crippen molar-refractivity contribution in [1.82, 2.24) is 14.3 Å². The van der Waals surface area contributed by atoms with Crippen molar-refractivity contribution >= 4 is 33.7 Å². The van der Waals surface area contributed by atoms with Crippen LogP contribution in [-0.4, -0.2) is 14.3 Å². The first-order valence-electron chi connectivity index (χ1n) is 6.49. The number of aromatic nitrogens is 3. The molecule has 0 aliphatic heterocycles. The van der Waals surface area contributed by atoms with Crippen LogP contribution in [0.25, 0.3) is 11.3 Å². The van der Waals surface area contributed by atoms with E-state index in [1.807, 2.05) is 30.6 Å². The van der Waals surface area contributed by atoms with Crippen LogP contribution >= 0.6 is 22.9 Å². The number of thiazole rings is 1. The highest BCUT2D eigenvalue weighted by Gasteiger charge is 2.18. The first-order valence-corrected chi connectivity index (χ1v) is 8.14. The Morgan fingerprint density at radius 2 is 2.24 bits per heavy atom. The fourth-order valence-electron chi connectivity index (χ4n) is 2.04. The quantitative estimate of drug-likeness (QED) is 0.767. The highest BCUT2D eigenvalue weighted by Crippen LogP contribution is 2.38. The Morgan fingerprint density at radius 3 is 2.90 bits per heavy atom. The second-order valence-electron chi connectivity index (χ2n) is 4.68. The SMILES string of the molecule is Cc1nc(-c2c(N)nsc2NC(C)c2cccnc2)cs1. The lowest BCUT2D eigenvalue weighted by Crippen LogP contribution is -2.06. The Hall–Kier alpha value is -1.99. The maximum atomic E-state index is 6.01. The van der Waals surface area contributed by atoms with Gasteiger partial charge in [-0.15, -0.1) is 11.3 Å². The van der Waals surface area contributed by atoms with E-state index in [1.165, 1.54) is 11.5 Å². The molecule has 0 aliphatic carbocycles. The molecule has 1 unspecified atom stereocenters. The van der Waals surface area contributed by atoms with Crippen molar-refractivity contribution in [2.24, 2.45) is 0 Å². The number of aryl methyl sites for hydroxylation is 1. The van der Waals surface area contributed by atoms with Gasteiger partial charge in [0.2, 0.25) is 0 Å². The molecule has 0 aliphatic rings. The van der Waals surface area contributed by atoms with Gasteiger partial charge in [0.1, 0.15) is 10.8 Å². The highest BCUT2D eigenvalue weighted by molar-refractivity contribution is 7.11. The lowest BCUT2D eigenvalue weighted by Gasteiger charge is -2.14. The topological polar surface area (TPSA) is 76.7 Å². The first kappa shape index (κ1) is 14.0. The molecule has 3 aromatic rings. The number of nitrogens with two attached hydrogens (primary N) is 1. The molecule has 0 aromatic carbocycles. The third kappa shape index (κ3) is 2.88. The number of hydrogen-bond donors (Lipinski definition) is 2. The van der Waals surface area contributed by atoms with Gasteiger partial charge in [0.25, 0.3) is 0 Å². The largest absolute Gasteiger partial charge is 0.382 e. The summed E-state index contributed by atoms with van der Waals surface area (Å²) in [5, 5.41) is 7.42. The van der Waals surface area contributed by atoms with Crippen LogP contribution in [0.4, 0.5) is 10.8 Å². The molecule has 0 bridgehead atoms. The van der Waals surface area contributed by atoms with Gasteiger partial charge in [-0.05, 0) is 37.0 Å². The minimum Gasteiger partial charge on any atom is -0.382 e. The molecule has 3 rings (SSSR count). The lowest BCUT2D eigenvalue weighted by atomic mass is 10.1. The maximum absolute atomic E-state index is 6.01. The van der Waals surface area contributed by atoms with Crippen molar-refractivity contribution in [2.75, 3.05) is 11.1 Å². The maximum Gasteiger partial charge on any atom is 0.148 e. The van der Waals surface area contributed by atoms with E-state index in [2.05, 4.69) is 26.6 Å². The van der Waals surface area contributed by atoms with Crippen LogP contribution in [0.3, 0.4) is 0 Å². The van der Waals surface area contributed by atoms with Gasteiger partial charge in [-0.2, -0.15) is 4.37 Å². The zero-order valence-corrected chi connectivity index (χ0v) is 13.3. The standard InChI is InChI=1S/C14H15N5S2/c1-8(10-4-3-5-16-6-10)17-14-12(13(15)19-21-14)11-7-20-9(2)18-11/h3-8,17H,1-2H3,(H2,15,19). The van der Waals surface area contributed by atoms with E-state index in [0.29, 0.717) is 5.82 Å². The number of hydrogen-bond acceptors (Lipinski definition) is 7. The fraction of sp³-hybridized carbons (Fsp3) is 0.214. The summed E-state index contributed by atoms with van der Waals surface area (Å²) < 4.78 is 4.25. The number of nitrogens with zero attached hydrogens (tertiary/aromatic N) is 3. The zero-order valence-electron chi connectivity index (χ0n) is 11.7. The third-order valence-electron chi connectivity index (χ3n) is 3.13. The minimum atomic E-state index is 0.122. The number of pyridine rings is 1. The Labute approximate surface area is 131 Å². The van der Waals surface area contributed by atoms with Gasteiger partial charge in [-0.3, -0.25) is 4.98 Å². The van der Waals surface area contributed by atoms with Crippen molar-refractivity contribution in [3.8, 4) is 11.3 Å². The van der Waals surface area contributed by atoms with E-state index in [1.54, 1.807) is 17.5 Å². The Balaban J connectivity index is 1.90. The van der Waals surface area contributed by atoms with Crippen molar-refractivity contribution in [1.29, 1.82) is 0 Å². The van der Waals surface area contributed by atoms with Crippen LogP contribution in [0, 0.1) is 6.92 Å². The Bertz CT molecular complexity index is 735. The van der Waals surface area contributed by atoms with Crippen LogP contribution in [-0.2, 0) is 0 Å². The average molecular weight is 317 g/mol. The molecule has 1 atom stereocenters. The normalized spacial score (nSPS) is 12.3. The number of nitrogens with one attached hydrogen (secondary N) is 1. The van der Waals surface area contributed by atoms with Gasteiger partial charge in [0, 0.05) is 17.8 Å². The summed E-state index contributed by atoms with van der Waals surface area (Å²) in [6, 6.07) is 4.10. The van der Waals surface area contributed by atoms with Gasteiger partial charge in [-0.1, -0.05) is 6.07 Å². The molecule has 0 saturated heterocycles. The van der Waals surface area contributed by atoms with Gasteiger partial charge in [0.15, 0.2) is 0 Å². The molecular formula is C14H15N5S2. The Kier molecular flexibility index (Phi) is 3.85. The van der Waals surface area contributed by atoms with E-state index < -0.39 is 0 Å². The van der Waals surface area contributed by atoms with Crippen LogP contribution in [0.2, 0.25) is 0 Å². The second kappa shape index (κ2) is 5.79. The average Bonchev–Trinajstić information content (AvgIpc) is 3.06. The van der Waals surface area contributed by atoms with Gasteiger partial charge in [0.05, 0.1) is 22.3 Å². The van der Waals surface area contributed by atoms with E-state index >= 15 is 0 Å². The monoisotopic (exact) mass is 317 g/mol. The predicted molar refractivity (Wildman–Crippen MR) is 88.6 cm³/mol. The summed E-state index contributed by atoms with van der Waals surface area (Å²) in [6.07, 6.45) is 3.62. The molecule has 0 spiro atoms. The Morgan fingerprint density at radius 1 is 1.38 bits per heavy atom. The number of anilines is 2. The molecule has 108 valence electrons. The van der Waals surface area contributed by atoms with Gasteiger partial charge >= 0.3 is 0 Å². The number of nitrogen functional groups attached to an aromatic ring is 1. The molecule has 3 aromatic heterocycles. The molecular weight excluding hydrogens is 302 g/mol. The lowest BCUT2D eigenvalue weighted by molar-refractivity contribution is 0.880. The molecule has 0 saturated carbocycles. The summed E-state index contributed by atoms with van der Waals surface area (Å²) in [4.78, 5) is 8.66. The summed E-state index contributed by atoms with van der Waals surface area (Å²) >= 11 is 2.97. The molecule has 21 heavy (non-hydrogen) atoms. The molecule has 3 N–H and O–H groups in total. The summed E-state index contributed by atoms with van der Waals surface area (Å²) in [5.74, 6) is 0.520. The van der Waals surface area contributed by atoms with E-state index in [0.717, 1.165) is 26.8 Å². The molecule has 5 nitrogen and oxygen atoms in total. The predicted octanol–water partition coefficient (Wildman–Crippen LogP) is 3.73. The van der Waals surface area contributed by atoms with Crippen LogP contribution in [0.1, 0.15) is 23.5 Å². The number of rotatable bonds is 4. The second-order valence-corrected chi connectivity index (χ2v) is 6.51. The summed E-state index contributed by atoms with van der Waals surface area (Å²) in [7, 11) is 0. The molecule has 0 radical (unpaired) electrons. The van der Waals surface area contributed by atoms with Crippen LogP contribution in [0.15, 0.2) is 29.9 Å². The molecule has 7 heteroatoms. The van der Waals surface area contributed by atoms with E-state index in [4.69, 9.17) is 5.73 Å². The third-order valence-corrected chi connectivity index (χ3v) is 4.69. The van der Waals surface area contributed by atoms with Crippen molar-refractivity contribution in [2.45, 2.75) is 19.9 Å².